The molecular weight excluding hydrogens is 191 g/mol. The van der Waals surface area contributed by atoms with Crippen molar-refractivity contribution in [3.63, 3.8) is 0 Å². The second kappa shape index (κ2) is 3.50. The first-order valence-electron chi connectivity index (χ1n) is 4.97. The van der Waals surface area contributed by atoms with Gasteiger partial charge in [0, 0.05) is 10.9 Å². The molecule has 0 aliphatic heterocycles. The third-order valence-electron chi connectivity index (χ3n) is 2.67. The standard InChI is InChI=1S/C12H13FN2/c1-3-8-6-9-4-5-10(13)7(2)11(9)15-12(8)14/h4-6H,3H2,1-2H3,(H2,14,15). The maximum absolute atomic E-state index is 13.3. The van der Waals surface area contributed by atoms with Crippen LogP contribution < -0.4 is 5.73 Å². The first-order chi connectivity index (χ1) is 7.13. The van der Waals surface area contributed by atoms with Crippen molar-refractivity contribution in [1.82, 2.24) is 4.98 Å². The van der Waals surface area contributed by atoms with E-state index in [0.717, 1.165) is 17.4 Å². The molecule has 2 rings (SSSR count). The molecule has 78 valence electrons. The number of anilines is 1. The minimum Gasteiger partial charge on any atom is -0.383 e. The molecule has 0 spiro atoms. The Bertz CT molecular complexity index is 521. The molecule has 2 nitrogen and oxygen atoms in total. The Hall–Kier alpha value is -1.64. The summed E-state index contributed by atoms with van der Waals surface area (Å²) in [5, 5.41) is 0.944. The smallest absolute Gasteiger partial charge is 0.128 e. The number of aromatic nitrogens is 1. The zero-order valence-electron chi connectivity index (χ0n) is 8.84. The quantitative estimate of drug-likeness (QED) is 0.775. The highest BCUT2D eigenvalue weighted by Crippen LogP contribution is 2.23. The highest BCUT2D eigenvalue weighted by Gasteiger charge is 2.07. The number of hydrogen-bond donors (Lipinski definition) is 1. The second-order valence-corrected chi connectivity index (χ2v) is 3.63. The number of nitrogens with two attached hydrogens (primary N) is 1. The number of nitrogen functional groups attached to an aromatic ring is 1. The van der Waals surface area contributed by atoms with Crippen LogP contribution in [0.5, 0.6) is 0 Å². The van der Waals surface area contributed by atoms with E-state index in [9.17, 15) is 4.39 Å². The third kappa shape index (κ3) is 1.54. The van der Waals surface area contributed by atoms with Crippen molar-refractivity contribution < 1.29 is 4.39 Å². The first kappa shape index (κ1) is 9.90. The van der Waals surface area contributed by atoms with Gasteiger partial charge in [-0.05, 0) is 37.1 Å². The van der Waals surface area contributed by atoms with Crippen molar-refractivity contribution in [3.8, 4) is 0 Å². The monoisotopic (exact) mass is 204 g/mol. The van der Waals surface area contributed by atoms with Gasteiger partial charge in [0.2, 0.25) is 0 Å². The van der Waals surface area contributed by atoms with E-state index in [0.29, 0.717) is 16.9 Å². The minimum absolute atomic E-state index is 0.237. The summed E-state index contributed by atoms with van der Waals surface area (Å²) in [5.41, 5.74) is 8.00. The zero-order valence-corrected chi connectivity index (χ0v) is 8.84. The lowest BCUT2D eigenvalue weighted by atomic mass is 10.1. The average molecular weight is 204 g/mol. The third-order valence-corrected chi connectivity index (χ3v) is 2.67. The van der Waals surface area contributed by atoms with Crippen LogP contribution in [-0.2, 0) is 6.42 Å². The lowest BCUT2D eigenvalue weighted by molar-refractivity contribution is 0.620. The van der Waals surface area contributed by atoms with E-state index in [-0.39, 0.29) is 5.82 Å². The van der Waals surface area contributed by atoms with Crippen molar-refractivity contribution in [2.24, 2.45) is 0 Å². The summed E-state index contributed by atoms with van der Waals surface area (Å²) in [7, 11) is 0. The molecule has 0 amide bonds. The molecule has 0 saturated heterocycles. The van der Waals surface area contributed by atoms with E-state index in [2.05, 4.69) is 4.98 Å². The molecule has 0 bridgehead atoms. The number of pyridine rings is 1. The molecule has 2 N–H and O–H groups in total. The Labute approximate surface area is 87.9 Å². The molecule has 0 fully saturated rings. The summed E-state index contributed by atoms with van der Waals surface area (Å²) in [6.07, 6.45) is 0.838. The molecule has 1 aromatic heterocycles. The Morgan fingerprint density at radius 3 is 2.80 bits per heavy atom. The molecule has 2 aromatic rings. The predicted octanol–water partition coefficient (Wildman–Crippen LogP) is 2.83. The molecular formula is C12H13FN2. The van der Waals surface area contributed by atoms with Gasteiger partial charge in [0.15, 0.2) is 0 Å². The van der Waals surface area contributed by atoms with E-state index in [1.54, 1.807) is 13.0 Å². The van der Waals surface area contributed by atoms with E-state index in [1.165, 1.54) is 6.07 Å². The first-order valence-corrected chi connectivity index (χ1v) is 4.97. The topological polar surface area (TPSA) is 38.9 Å². The van der Waals surface area contributed by atoms with Gasteiger partial charge in [-0.3, -0.25) is 0 Å². The summed E-state index contributed by atoms with van der Waals surface area (Å²) in [4.78, 5) is 4.24. The fourth-order valence-corrected chi connectivity index (χ4v) is 1.70. The number of rotatable bonds is 1. The van der Waals surface area contributed by atoms with Crippen molar-refractivity contribution in [2.45, 2.75) is 20.3 Å². The Kier molecular flexibility index (Phi) is 2.31. The van der Waals surface area contributed by atoms with Crippen LogP contribution in [0.2, 0.25) is 0 Å². The molecule has 0 saturated carbocycles. The van der Waals surface area contributed by atoms with E-state index >= 15 is 0 Å². The number of hydrogen-bond acceptors (Lipinski definition) is 2. The Morgan fingerprint density at radius 2 is 2.13 bits per heavy atom. The molecule has 1 aromatic carbocycles. The maximum Gasteiger partial charge on any atom is 0.128 e. The molecule has 15 heavy (non-hydrogen) atoms. The highest BCUT2D eigenvalue weighted by atomic mass is 19.1. The van der Waals surface area contributed by atoms with E-state index in [1.807, 2.05) is 13.0 Å². The van der Waals surface area contributed by atoms with E-state index < -0.39 is 0 Å². The Morgan fingerprint density at radius 1 is 1.40 bits per heavy atom. The van der Waals surface area contributed by atoms with Crippen LogP contribution in [0.25, 0.3) is 10.9 Å². The number of aryl methyl sites for hydroxylation is 2. The van der Waals surface area contributed by atoms with Crippen LogP contribution in [-0.4, -0.2) is 4.98 Å². The van der Waals surface area contributed by atoms with E-state index in [4.69, 9.17) is 5.73 Å². The summed E-state index contributed by atoms with van der Waals surface area (Å²) in [6, 6.07) is 5.18. The molecule has 0 unspecified atom stereocenters. The van der Waals surface area contributed by atoms with Gasteiger partial charge in [0.25, 0.3) is 0 Å². The maximum atomic E-state index is 13.3. The molecule has 0 radical (unpaired) electrons. The van der Waals surface area contributed by atoms with Crippen LogP contribution in [0, 0.1) is 12.7 Å². The summed E-state index contributed by atoms with van der Waals surface area (Å²) in [6.45, 7) is 3.74. The SMILES string of the molecule is CCc1cc2ccc(F)c(C)c2nc1N. The predicted molar refractivity (Wildman–Crippen MR) is 60.2 cm³/mol. The van der Waals surface area contributed by atoms with Crippen molar-refractivity contribution >= 4 is 16.7 Å². The molecule has 0 atom stereocenters. The van der Waals surface area contributed by atoms with Gasteiger partial charge in [0.1, 0.15) is 11.6 Å². The molecule has 3 heteroatoms. The summed E-state index contributed by atoms with van der Waals surface area (Å²) >= 11 is 0. The fourth-order valence-electron chi connectivity index (χ4n) is 1.70. The second-order valence-electron chi connectivity index (χ2n) is 3.63. The number of nitrogens with zero attached hydrogens (tertiary/aromatic N) is 1. The van der Waals surface area contributed by atoms with Crippen LogP contribution in [0.15, 0.2) is 18.2 Å². The van der Waals surface area contributed by atoms with Crippen molar-refractivity contribution in [2.75, 3.05) is 5.73 Å². The van der Waals surface area contributed by atoms with Crippen molar-refractivity contribution in [3.05, 3.63) is 35.1 Å². The van der Waals surface area contributed by atoms with Gasteiger partial charge in [-0.1, -0.05) is 6.92 Å². The molecule has 0 aliphatic carbocycles. The summed E-state index contributed by atoms with van der Waals surface area (Å²) < 4.78 is 13.3. The van der Waals surface area contributed by atoms with Gasteiger partial charge in [-0.15, -0.1) is 0 Å². The van der Waals surface area contributed by atoms with Crippen LogP contribution in [0.1, 0.15) is 18.1 Å². The molecule has 1 heterocycles. The van der Waals surface area contributed by atoms with Crippen molar-refractivity contribution in [1.29, 1.82) is 0 Å². The summed E-state index contributed by atoms with van der Waals surface area (Å²) in [5.74, 6) is 0.261. The van der Waals surface area contributed by atoms with Gasteiger partial charge < -0.3 is 5.73 Å². The van der Waals surface area contributed by atoms with Crippen LogP contribution in [0.4, 0.5) is 10.2 Å². The van der Waals surface area contributed by atoms with Gasteiger partial charge in [-0.2, -0.15) is 0 Å². The van der Waals surface area contributed by atoms with Crippen LogP contribution in [0.3, 0.4) is 0 Å². The van der Waals surface area contributed by atoms with Gasteiger partial charge >= 0.3 is 0 Å². The largest absolute Gasteiger partial charge is 0.383 e. The fraction of sp³-hybridized carbons (Fsp3) is 0.250. The average Bonchev–Trinajstić information content (AvgIpc) is 2.24. The lowest BCUT2D eigenvalue weighted by Crippen LogP contribution is -1.99. The number of benzene rings is 1. The normalized spacial score (nSPS) is 10.9. The van der Waals surface area contributed by atoms with Gasteiger partial charge in [0.05, 0.1) is 5.52 Å². The van der Waals surface area contributed by atoms with Gasteiger partial charge in [-0.25, -0.2) is 9.37 Å². The number of halogens is 1. The number of fused-ring (bicyclic) bond motifs is 1. The lowest BCUT2D eigenvalue weighted by Gasteiger charge is -2.07. The Balaban J connectivity index is 2.81. The highest BCUT2D eigenvalue weighted by molar-refractivity contribution is 5.84. The van der Waals surface area contributed by atoms with Crippen LogP contribution >= 0.6 is 0 Å². The molecule has 0 aliphatic rings. The zero-order chi connectivity index (χ0) is 11.0. The minimum atomic E-state index is -0.237.